The van der Waals surface area contributed by atoms with Crippen molar-refractivity contribution < 1.29 is 14.6 Å². The number of hydrogen-bond acceptors (Lipinski definition) is 3. The molecule has 4 nitrogen and oxygen atoms in total. The Kier molecular flexibility index (Phi) is 4.54. The lowest BCUT2D eigenvalue weighted by molar-refractivity contribution is -0.140. The molecule has 0 aromatic heterocycles. The van der Waals surface area contributed by atoms with Crippen molar-refractivity contribution in [2.45, 2.75) is 51.2 Å². The number of aliphatic hydroxyl groups is 1. The molecule has 15 heavy (non-hydrogen) atoms. The molecule has 1 amide bonds. The fourth-order valence-corrected chi connectivity index (χ4v) is 1.79. The van der Waals surface area contributed by atoms with Crippen LogP contribution in [-0.4, -0.2) is 35.9 Å². The first-order valence-electron chi connectivity index (χ1n) is 5.69. The van der Waals surface area contributed by atoms with Crippen LogP contribution in [0.4, 0.5) is 0 Å². The molecule has 2 N–H and O–H groups in total. The van der Waals surface area contributed by atoms with Gasteiger partial charge in [-0.1, -0.05) is 13.3 Å². The highest BCUT2D eigenvalue weighted by molar-refractivity contribution is 5.85. The Labute approximate surface area is 91.0 Å². The summed E-state index contributed by atoms with van der Waals surface area (Å²) in [7, 11) is 0. The van der Waals surface area contributed by atoms with Crippen LogP contribution in [0.3, 0.4) is 0 Å². The number of carbonyl (C=O) groups excluding carboxylic acids is 1. The molecule has 0 saturated carbocycles. The van der Waals surface area contributed by atoms with Crippen LogP contribution in [0.2, 0.25) is 0 Å². The van der Waals surface area contributed by atoms with Gasteiger partial charge in [0.1, 0.15) is 5.60 Å². The minimum Gasteiger partial charge on any atom is -0.391 e. The molecular weight excluding hydrogens is 194 g/mol. The molecule has 1 aliphatic heterocycles. The van der Waals surface area contributed by atoms with E-state index in [0.717, 1.165) is 25.7 Å². The Morgan fingerprint density at radius 2 is 2.40 bits per heavy atom. The third kappa shape index (κ3) is 3.47. The molecule has 0 radical (unpaired) electrons. The van der Waals surface area contributed by atoms with Crippen LogP contribution in [0.5, 0.6) is 0 Å². The van der Waals surface area contributed by atoms with Crippen molar-refractivity contribution in [2.75, 3.05) is 13.2 Å². The van der Waals surface area contributed by atoms with Gasteiger partial charge in [-0.15, -0.1) is 0 Å². The molecule has 1 rings (SSSR count). The Hall–Kier alpha value is -0.610. The van der Waals surface area contributed by atoms with E-state index >= 15 is 0 Å². The van der Waals surface area contributed by atoms with Crippen molar-refractivity contribution in [2.24, 2.45) is 0 Å². The minimum atomic E-state index is -0.675. The van der Waals surface area contributed by atoms with Crippen molar-refractivity contribution >= 4 is 5.91 Å². The third-order valence-corrected chi connectivity index (χ3v) is 2.82. The van der Waals surface area contributed by atoms with Gasteiger partial charge in [0, 0.05) is 13.2 Å². The van der Waals surface area contributed by atoms with Gasteiger partial charge < -0.3 is 15.2 Å². The van der Waals surface area contributed by atoms with Gasteiger partial charge in [-0.25, -0.2) is 0 Å². The Balaban J connectivity index is 2.29. The fraction of sp³-hybridized carbons (Fsp3) is 0.909. The van der Waals surface area contributed by atoms with Gasteiger partial charge in [-0.05, 0) is 26.2 Å². The quantitative estimate of drug-likeness (QED) is 0.714. The zero-order valence-electron chi connectivity index (χ0n) is 9.58. The summed E-state index contributed by atoms with van der Waals surface area (Å²) in [5.74, 6) is -0.102. The summed E-state index contributed by atoms with van der Waals surface area (Å²) < 4.78 is 5.40. The van der Waals surface area contributed by atoms with E-state index in [9.17, 15) is 9.90 Å². The van der Waals surface area contributed by atoms with Crippen LogP contribution in [0.15, 0.2) is 0 Å². The zero-order valence-corrected chi connectivity index (χ0v) is 9.58. The van der Waals surface area contributed by atoms with Crippen LogP contribution >= 0.6 is 0 Å². The lowest BCUT2D eigenvalue weighted by Crippen LogP contribution is -2.46. The maximum absolute atomic E-state index is 11.7. The van der Waals surface area contributed by atoms with Crippen LogP contribution in [0.1, 0.15) is 39.5 Å². The molecule has 2 unspecified atom stereocenters. The summed E-state index contributed by atoms with van der Waals surface area (Å²) in [6, 6.07) is 0. The highest BCUT2D eigenvalue weighted by atomic mass is 16.5. The first kappa shape index (κ1) is 12.5. The lowest BCUT2D eigenvalue weighted by atomic mass is 10.0. The number of hydrogen-bond donors (Lipinski definition) is 2. The van der Waals surface area contributed by atoms with E-state index in [0.29, 0.717) is 13.2 Å². The van der Waals surface area contributed by atoms with Crippen LogP contribution in [-0.2, 0) is 9.53 Å². The zero-order chi connectivity index (χ0) is 11.3. The first-order chi connectivity index (χ1) is 7.08. The second-order valence-corrected chi connectivity index (χ2v) is 4.34. The van der Waals surface area contributed by atoms with Crippen LogP contribution < -0.4 is 5.32 Å². The summed E-state index contributed by atoms with van der Waals surface area (Å²) in [5.41, 5.74) is -0.675. The number of rotatable bonds is 5. The van der Waals surface area contributed by atoms with E-state index in [2.05, 4.69) is 5.32 Å². The van der Waals surface area contributed by atoms with Crippen molar-refractivity contribution in [3.05, 3.63) is 0 Å². The predicted octanol–water partition coefficient (Wildman–Crippen LogP) is 0.833. The molecule has 2 atom stereocenters. The average Bonchev–Trinajstić information content (AvgIpc) is 2.63. The van der Waals surface area contributed by atoms with Gasteiger partial charge in [-0.3, -0.25) is 4.79 Å². The van der Waals surface area contributed by atoms with Gasteiger partial charge >= 0.3 is 0 Å². The van der Waals surface area contributed by atoms with Gasteiger partial charge in [0.15, 0.2) is 0 Å². The minimum absolute atomic E-state index is 0.102. The third-order valence-electron chi connectivity index (χ3n) is 2.82. The number of amides is 1. The van der Waals surface area contributed by atoms with E-state index in [1.54, 1.807) is 0 Å². The molecule has 0 aromatic rings. The largest absolute Gasteiger partial charge is 0.391 e. The Morgan fingerprint density at radius 3 is 2.93 bits per heavy atom. The summed E-state index contributed by atoms with van der Waals surface area (Å²) in [5, 5.41) is 12.2. The Morgan fingerprint density at radius 1 is 1.67 bits per heavy atom. The van der Waals surface area contributed by atoms with Gasteiger partial charge in [0.2, 0.25) is 0 Å². The number of carbonyl (C=O) groups is 1. The molecule has 0 aliphatic carbocycles. The molecule has 88 valence electrons. The van der Waals surface area contributed by atoms with Crippen molar-refractivity contribution in [1.82, 2.24) is 5.32 Å². The van der Waals surface area contributed by atoms with Crippen LogP contribution in [0, 0.1) is 0 Å². The summed E-state index contributed by atoms with van der Waals surface area (Å²) >= 11 is 0. The highest BCUT2D eigenvalue weighted by Gasteiger charge is 2.37. The van der Waals surface area contributed by atoms with Gasteiger partial charge in [-0.2, -0.15) is 0 Å². The molecule has 1 fully saturated rings. The molecular formula is C11H21NO3. The maximum Gasteiger partial charge on any atom is 0.252 e. The summed E-state index contributed by atoms with van der Waals surface area (Å²) in [6.07, 6.45) is 2.90. The van der Waals surface area contributed by atoms with Crippen molar-refractivity contribution in [3.8, 4) is 0 Å². The summed E-state index contributed by atoms with van der Waals surface area (Å²) in [4.78, 5) is 11.7. The van der Waals surface area contributed by atoms with Crippen molar-refractivity contribution in [1.29, 1.82) is 0 Å². The van der Waals surface area contributed by atoms with E-state index in [4.69, 9.17) is 4.74 Å². The topological polar surface area (TPSA) is 58.6 Å². The maximum atomic E-state index is 11.7. The number of ether oxygens (including phenoxy) is 1. The Bertz CT molecular complexity index is 212. The van der Waals surface area contributed by atoms with Crippen molar-refractivity contribution in [3.63, 3.8) is 0 Å². The van der Waals surface area contributed by atoms with Gasteiger partial charge in [0.05, 0.1) is 6.10 Å². The average molecular weight is 215 g/mol. The molecule has 1 saturated heterocycles. The fourth-order valence-electron chi connectivity index (χ4n) is 1.79. The molecule has 4 heteroatoms. The lowest BCUT2D eigenvalue weighted by Gasteiger charge is -2.22. The van der Waals surface area contributed by atoms with E-state index in [-0.39, 0.29) is 5.91 Å². The second kappa shape index (κ2) is 5.47. The SMILES string of the molecule is CCCC(O)CNC(=O)C1(C)CCCO1. The van der Waals surface area contributed by atoms with E-state index in [1.807, 2.05) is 13.8 Å². The highest BCUT2D eigenvalue weighted by Crippen LogP contribution is 2.24. The molecule has 0 bridgehead atoms. The first-order valence-corrected chi connectivity index (χ1v) is 5.69. The smallest absolute Gasteiger partial charge is 0.252 e. The molecule has 0 spiro atoms. The number of nitrogens with one attached hydrogen (secondary N) is 1. The molecule has 1 aliphatic rings. The van der Waals surface area contributed by atoms with E-state index in [1.165, 1.54) is 0 Å². The monoisotopic (exact) mass is 215 g/mol. The van der Waals surface area contributed by atoms with Crippen LogP contribution in [0.25, 0.3) is 0 Å². The number of aliphatic hydroxyl groups excluding tert-OH is 1. The second-order valence-electron chi connectivity index (χ2n) is 4.34. The standard InChI is InChI=1S/C11H21NO3/c1-3-5-9(13)8-12-10(14)11(2)6-4-7-15-11/h9,13H,3-8H2,1-2H3,(H,12,14). The predicted molar refractivity (Wildman–Crippen MR) is 57.5 cm³/mol. The normalized spacial score (nSPS) is 27.7. The molecule has 1 heterocycles. The molecule has 0 aromatic carbocycles. The van der Waals surface area contributed by atoms with Gasteiger partial charge in [0.25, 0.3) is 5.91 Å². The van der Waals surface area contributed by atoms with E-state index < -0.39 is 11.7 Å². The summed E-state index contributed by atoms with van der Waals surface area (Å²) in [6.45, 7) is 4.79.